The van der Waals surface area contributed by atoms with Crippen molar-refractivity contribution >= 4 is 23.3 Å². The number of amides is 1. The fourth-order valence-corrected chi connectivity index (χ4v) is 3.14. The van der Waals surface area contributed by atoms with E-state index in [0.29, 0.717) is 10.8 Å². The van der Waals surface area contributed by atoms with Crippen LogP contribution >= 0.6 is 11.6 Å². The van der Waals surface area contributed by atoms with Gasteiger partial charge in [-0.15, -0.1) is 0 Å². The Morgan fingerprint density at radius 1 is 1.56 bits per heavy atom. The first kappa shape index (κ1) is 19.3. The number of nitrogens with zero attached hydrogens (tertiary/aromatic N) is 2. The van der Waals surface area contributed by atoms with Gasteiger partial charge in [-0.3, -0.25) is 9.69 Å². The molecule has 1 aliphatic heterocycles. The smallest absolute Gasteiger partial charge is 0.242 e. The molecule has 1 saturated heterocycles. The van der Waals surface area contributed by atoms with Gasteiger partial charge >= 0.3 is 0 Å². The molecule has 0 spiro atoms. The number of pyridine rings is 1. The van der Waals surface area contributed by atoms with Gasteiger partial charge in [-0.2, -0.15) is 0 Å². The number of rotatable bonds is 6. The summed E-state index contributed by atoms with van der Waals surface area (Å²) in [5.41, 5.74) is 0.934. The molecule has 6 nitrogen and oxygen atoms in total. The molecule has 0 bridgehead atoms. The van der Waals surface area contributed by atoms with Crippen LogP contribution in [0.5, 0.6) is 0 Å². The number of hydrogen-bond acceptors (Lipinski definition) is 5. The second-order valence-electron chi connectivity index (χ2n) is 6.20. The van der Waals surface area contributed by atoms with Crippen LogP contribution in [0.4, 0.5) is 5.82 Å². The first-order valence-electron chi connectivity index (χ1n) is 8.34. The van der Waals surface area contributed by atoms with Crippen LogP contribution < -0.4 is 10.6 Å². The molecule has 2 unspecified atom stereocenters. The van der Waals surface area contributed by atoms with Crippen molar-refractivity contribution < 1.29 is 9.90 Å². The molecule has 0 radical (unpaired) electrons. The van der Waals surface area contributed by atoms with Crippen molar-refractivity contribution in [3.63, 3.8) is 0 Å². The largest absolute Gasteiger partial charge is 0.509 e. The Bertz CT molecular complexity index is 645. The van der Waals surface area contributed by atoms with E-state index < -0.39 is 0 Å². The number of allylic oxidation sites excluding steroid dienone is 1. The maximum atomic E-state index is 12.5. The minimum absolute atomic E-state index is 0.0288. The number of likely N-dealkylation sites (tertiary alicyclic amines) is 1. The van der Waals surface area contributed by atoms with E-state index in [-0.39, 0.29) is 23.6 Å². The maximum Gasteiger partial charge on any atom is 0.242 e. The fraction of sp³-hybridized carbons (Fsp3) is 0.444. The van der Waals surface area contributed by atoms with Crippen molar-refractivity contribution in [2.45, 2.75) is 25.8 Å². The molecule has 1 aromatic rings. The minimum atomic E-state index is -0.282. The number of nitrogens with one attached hydrogen (secondary N) is 2. The molecule has 1 fully saturated rings. The highest BCUT2D eigenvalue weighted by Gasteiger charge is 2.29. The standard InChI is InChI=1S/C18H25ClN4O2/c1-12(24)9-16(20-3)14-5-4-8-23(11-14)13(2)18(25)22-17-7-6-15(19)10-21-17/h6-7,9-10,13-14,20,24H,1,4-5,8,11H2,2-3H3,(H,21,22,25)/b16-9-. The second-order valence-corrected chi connectivity index (χ2v) is 6.64. The molecule has 0 aromatic carbocycles. The SMILES string of the molecule is C=C(O)/C=C(\NC)C1CCCN(C(C)C(=O)Nc2ccc(Cl)cn2)C1. The molecule has 1 aliphatic rings. The Morgan fingerprint density at radius 2 is 2.32 bits per heavy atom. The molecule has 2 rings (SSSR count). The third-order valence-corrected chi connectivity index (χ3v) is 4.63. The van der Waals surface area contributed by atoms with Crippen molar-refractivity contribution in [2.75, 3.05) is 25.5 Å². The Labute approximate surface area is 153 Å². The lowest BCUT2D eigenvalue weighted by molar-refractivity contribution is -0.121. The van der Waals surface area contributed by atoms with Crippen molar-refractivity contribution in [1.29, 1.82) is 0 Å². The lowest BCUT2D eigenvalue weighted by atomic mass is 9.93. The third kappa shape index (κ3) is 5.47. The van der Waals surface area contributed by atoms with E-state index in [2.05, 4.69) is 27.1 Å². The van der Waals surface area contributed by atoms with Crippen LogP contribution in [0.2, 0.25) is 5.02 Å². The number of anilines is 1. The van der Waals surface area contributed by atoms with Gasteiger partial charge in [-0.1, -0.05) is 18.2 Å². The van der Waals surface area contributed by atoms with Gasteiger partial charge in [0, 0.05) is 31.4 Å². The van der Waals surface area contributed by atoms with Crippen LogP contribution in [-0.2, 0) is 4.79 Å². The van der Waals surface area contributed by atoms with Crippen LogP contribution in [0, 0.1) is 5.92 Å². The molecule has 1 aromatic heterocycles. The summed E-state index contributed by atoms with van der Waals surface area (Å²) in [7, 11) is 1.83. The molecule has 2 atom stereocenters. The van der Waals surface area contributed by atoms with Gasteiger partial charge in [0.05, 0.1) is 11.1 Å². The molecule has 1 amide bonds. The van der Waals surface area contributed by atoms with E-state index in [0.717, 1.165) is 31.6 Å². The molecule has 136 valence electrons. The normalized spacial score (nSPS) is 20.0. The zero-order valence-electron chi connectivity index (χ0n) is 14.6. The fourth-order valence-electron chi connectivity index (χ4n) is 3.03. The minimum Gasteiger partial charge on any atom is -0.509 e. The Kier molecular flexibility index (Phi) is 6.84. The summed E-state index contributed by atoms with van der Waals surface area (Å²) < 4.78 is 0. The summed E-state index contributed by atoms with van der Waals surface area (Å²) >= 11 is 5.81. The van der Waals surface area contributed by atoms with Crippen LogP contribution in [0.15, 0.2) is 42.4 Å². The van der Waals surface area contributed by atoms with Gasteiger partial charge in [-0.05, 0) is 44.5 Å². The van der Waals surface area contributed by atoms with E-state index in [4.69, 9.17) is 11.6 Å². The highest BCUT2D eigenvalue weighted by molar-refractivity contribution is 6.30. The molecular formula is C18H25ClN4O2. The first-order valence-corrected chi connectivity index (χ1v) is 8.72. The lowest BCUT2D eigenvalue weighted by Gasteiger charge is -2.37. The maximum absolute atomic E-state index is 12.5. The quantitative estimate of drug-likeness (QED) is 0.534. The predicted molar refractivity (Wildman–Crippen MR) is 101 cm³/mol. The molecule has 2 heterocycles. The van der Waals surface area contributed by atoms with Crippen LogP contribution in [0.3, 0.4) is 0 Å². The Balaban J connectivity index is 2.00. The van der Waals surface area contributed by atoms with Gasteiger partial charge in [0.2, 0.25) is 5.91 Å². The monoisotopic (exact) mass is 364 g/mol. The second kappa shape index (κ2) is 8.87. The number of halogens is 1. The predicted octanol–water partition coefficient (Wildman–Crippen LogP) is 2.95. The number of aromatic nitrogens is 1. The zero-order valence-corrected chi connectivity index (χ0v) is 15.4. The molecular weight excluding hydrogens is 340 g/mol. The van der Waals surface area contributed by atoms with Crippen molar-refractivity contribution in [3.8, 4) is 0 Å². The Hall–Kier alpha value is -2.05. The number of aliphatic hydroxyl groups excluding tert-OH is 1. The molecule has 0 saturated carbocycles. The van der Waals surface area contributed by atoms with Crippen molar-refractivity contribution in [3.05, 3.63) is 47.5 Å². The molecule has 0 aliphatic carbocycles. The van der Waals surface area contributed by atoms with Crippen LogP contribution in [0.25, 0.3) is 0 Å². The average Bonchev–Trinajstić information content (AvgIpc) is 2.60. The topological polar surface area (TPSA) is 77.5 Å². The third-order valence-electron chi connectivity index (χ3n) is 4.41. The lowest BCUT2D eigenvalue weighted by Crippen LogP contribution is -2.48. The first-order chi connectivity index (χ1) is 11.9. The zero-order chi connectivity index (χ0) is 18.4. The van der Waals surface area contributed by atoms with Gasteiger partial charge < -0.3 is 15.7 Å². The van der Waals surface area contributed by atoms with E-state index in [1.165, 1.54) is 6.20 Å². The number of hydrogen-bond donors (Lipinski definition) is 3. The summed E-state index contributed by atoms with van der Waals surface area (Å²) in [6, 6.07) is 3.09. The molecule has 3 N–H and O–H groups in total. The van der Waals surface area contributed by atoms with E-state index >= 15 is 0 Å². The van der Waals surface area contributed by atoms with Gasteiger partial charge in [0.25, 0.3) is 0 Å². The highest BCUT2D eigenvalue weighted by Crippen LogP contribution is 2.24. The van der Waals surface area contributed by atoms with E-state index in [1.807, 2.05) is 14.0 Å². The van der Waals surface area contributed by atoms with Crippen molar-refractivity contribution in [2.24, 2.45) is 5.92 Å². The van der Waals surface area contributed by atoms with Gasteiger partial charge in [0.1, 0.15) is 11.6 Å². The average molecular weight is 365 g/mol. The van der Waals surface area contributed by atoms with E-state index in [9.17, 15) is 9.90 Å². The number of aliphatic hydroxyl groups is 1. The number of carbonyl (C=O) groups excluding carboxylic acids is 1. The van der Waals surface area contributed by atoms with Gasteiger partial charge in [0.15, 0.2) is 0 Å². The summed E-state index contributed by atoms with van der Waals surface area (Å²) in [4.78, 5) is 18.7. The van der Waals surface area contributed by atoms with Crippen LogP contribution in [-0.4, -0.2) is 47.1 Å². The summed E-state index contributed by atoms with van der Waals surface area (Å²) in [6.07, 6.45) is 5.14. The van der Waals surface area contributed by atoms with Gasteiger partial charge in [-0.25, -0.2) is 4.98 Å². The summed E-state index contributed by atoms with van der Waals surface area (Å²) in [5, 5.41) is 15.9. The van der Waals surface area contributed by atoms with Crippen molar-refractivity contribution in [1.82, 2.24) is 15.2 Å². The highest BCUT2D eigenvalue weighted by atomic mass is 35.5. The van der Waals surface area contributed by atoms with E-state index in [1.54, 1.807) is 18.2 Å². The Morgan fingerprint density at radius 3 is 2.92 bits per heavy atom. The molecule has 25 heavy (non-hydrogen) atoms. The number of piperidine rings is 1. The summed E-state index contributed by atoms with van der Waals surface area (Å²) in [6.45, 7) is 7.00. The number of carbonyl (C=O) groups is 1. The van der Waals surface area contributed by atoms with Crippen LogP contribution in [0.1, 0.15) is 19.8 Å². The molecule has 7 heteroatoms. The summed E-state index contributed by atoms with van der Waals surface area (Å²) in [5.74, 6) is 0.645.